The topological polar surface area (TPSA) is 37.8 Å². The maximum atomic E-state index is 13.2. The van der Waals surface area contributed by atoms with Crippen LogP contribution in [0.15, 0.2) is 57.8 Å². The van der Waals surface area contributed by atoms with Crippen LogP contribution in [0, 0.1) is 12.7 Å². The summed E-state index contributed by atoms with van der Waals surface area (Å²) in [7, 11) is 0. The predicted molar refractivity (Wildman–Crippen MR) is 84.2 cm³/mol. The Morgan fingerprint density at radius 1 is 1.14 bits per heavy atom. The molecule has 0 saturated carbocycles. The van der Waals surface area contributed by atoms with Crippen molar-refractivity contribution in [3.63, 3.8) is 0 Å². The first-order chi connectivity index (χ1) is 10.1. The van der Waals surface area contributed by atoms with Gasteiger partial charge in [0.1, 0.15) is 10.3 Å². The van der Waals surface area contributed by atoms with Crippen LogP contribution >= 0.6 is 15.9 Å². The molecule has 2 aromatic carbocycles. The van der Waals surface area contributed by atoms with Crippen LogP contribution in [0.2, 0.25) is 0 Å². The number of hydrogen-bond donors (Lipinski definition) is 1. The van der Waals surface area contributed by atoms with E-state index < -0.39 is 0 Å². The molecule has 0 saturated heterocycles. The second-order valence-corrected chi connectivity index (χ2v) is 5.53. The van der Waals surface area contributed by atoms with E-state index in [0.717, 1.165) is 5.56 Å². The molecule has 0 atom stereocenters. The second kappa shape index (κ2) is 5.33. The number of halogens is 2. The van der Waals surface area contributed by atoms with Crippen LogP contribution in [0.3, 0.4) is 0 Å². The Morgan fingerprint density at radius 2 is 1.86 bits per heavy atom. The van der Waals surface area contributed by atoms with Gasteiger partial charge in [-0.1, -0.05) is 30.3 Å². The van der Waals surface area contributed by atoms with E-state index in [-0.39, 0.29) is 11.4 Å². The molecule has 3 aromatic rings. The number of aryl methyl sites for hydroxylation is 1. The van der Waals surface area contributed by atoms with E-state index in [4.69, 9.17) is 0 Å². The summed E-state index contributed by atoms with van der Waals surface area (Å²) in [6.07, 6.45) is 0. The van der Waals surface area contributed by atoms with E-state index in [2.05, 4.69) is 21.0 Å². The summed E-state index contributed by atoms with van der Waals surface area (Å²) in [5, 5.41) is 3.08. The number of nitrogens with one attached hydrogen (secondary N) is 1. The standard InChI is InChI=1S/C16H12BrFN2O/c1-10-9-12(18)7-8-13(10)20-16(21)14(17)15(19-20)11-5-3-2-4-6-11/h2-9,19H,1H3. The minimum atomic E-state index is -0.321. The van der Waals surface area contributed by atoms with Crippen molar-refractivity contribution in [2.75, 3.05) is 0 Å². The maximum absolute atomic E-state index is 13.2. The van der Waals surface area contributed by atoms with Gasteiger partial charge in [-0.3, -0.25) is 9.89 Å². The zero-order valence-corrected chi connectivity index (χ0v) is 12.8. The minimum Gasteiger partial charge on any atom is -0.289 e. The van der Waals surface area contributed by atoms with Crippen LogP contribution in [0.25, 0.3) is 16.9 Å². The van der Waals surface area contributed by atoms with Crippen molar-refractivity contribution in [3.05, 3.63) is 74.7 Å². The third-order valence-corrected chi connectivity index (χ3v) is 4.03. The minimum absolute atomic E-state index is 0.205. The van der Waals surface area contributed by atoms with E-state index in [1.165, 1.54) is 16.8 Å². The van der Waals surface area contributed by atoms with Gasteiger partial charge in [-0.15, -0.1) is 0 Å². The molecule has 0 unspecified atom stereocenters. The van der Waals surface area contributed by atoms with Gasteiger partial charge in [0.25, 0.3) is 5.56 Å². The SMILES string of the molecule is Cc1cc(F)ccc1-n1[nH]c(-c2ccccc2)c(Br)c1=O. The van der Waals surface area contributed by atoms with Gasteiger partial charge in [-0.05, 0) is 46.6 Å². The zero-order chi connectivity index (χ0) is 15.0. The van der Waals surface area contributed by atoms with Gasteiger partial charge >= 0.3 is 0 Å². The van der Waals surface area contributed by atoms with E-state index in [9.17, 15) is 9.18 Å². The highest BCUT2D eigenvalue weighted by molar-refractivity contribution is 9.10. The van der Waals surface area contributed by atoms with Gasteiger partial charge in [-0.2, -0.15) is 0 Å². The number of H-pyrrole nitrogens is 1. The van der Waals surface area contributed by atoms with Crippen molar-refractivity contribution in [3.8, 4) is 16.9 Å². The highest BCUT2D eigenvalue weighted by atomic mass is 79.9. The van der Waals surface area contributed by atoms with Crippen molar-refractivity contribution in [2.45, 2.75) is 6.92 Å². The summed E-state index contributed by atoms with van der Waals surface area (Å²) in [6.45, 7) is 1.77. The van der Waals surface area contributed by atoms with Crippen LogP contribution in [0.5, 0.6) is 0 Å². The van der Waals surface area contributed by atoms with Gasteiger partial charge in [0.05, 0.1) is 11.4 Å². The molecule has 3 nitrogen and oxygen atoms in total. The molecule has 3 rings (SSSR count). The first kappa shape index (κ1) is 13.8. The van der Waals surface area contributed by atoms with Gasteiger partial charge in [0.15, 0.2) is 0 Å². The second-order valence-electron chi connectivity index (χ2n) is 4.74. The third-order valence-electron chi connectivity index (χ3n) is 3.30. The summed E-state index contributed by atoms with van der Waals surface area (Å²) in [5.74, 6) is -0.321. The Labute approximate surface area is 129 Å². The Kier molecular flexibility index (Phi) is 3.51. The Bertz CT molecular complexity index is 852. The van der Waals surface area contributed by atoms with Crippen LogP contribution in [0.4, 0.5) is 4.39 Å². The Morgan fingerprint density at radius 3 is 2.52 bits per heavy atom. The molecule has 0 radical (unpaired) electrons. The number of benzene rings is 2. The fourth-order valence-electron chi connectivity index (χ4n) is 2.25. The zero-order valence-electron chi connectivity index (χ0n) is 11.2. The molecule has 0 aliphatic rings. The van der Waals surface area contributed by atoms with E-state index in [0.29, 0.717) is 21.4 Å². The fraction of sp³-hybridized carbons (Fsp3) is 0.0625. The molecule has 1 aromatic heterocycles. The summed E-state index contributed by atoms with van der Waals surface area (Å²) in [6, 6.07) is 13.9. The lowest BCUT2D eigenvalue weighted by molar-refractivity contribution is 0.625. The third kappa shape index (κ3) is 2.45. The molecule has 0 fully saturated rings. The molecule has 0 bridgehead atoms. The first-order valence-electron chi connectivity index (χ1n) is 6.40. The monoisotopic (exact) mass is 346 g/mol. The summed E-state index contributed by atoms with van der Waals surface area (Å²) < 4.78 is 15.1. The molecule has 0 aliphatic heterocycles. The molecular formula is C16H12BrFN2O. The van der Waals surface area contributed by atoms with Gasteiger partial charge in [0, 0.05) is 5.56 Å². The molecule has 106 valence electrons. The molecular weight excluding hydrogens is 335 g/mol. The molecule has 0 aliphatic carbocycles. The molecule has 21 heavy (non-hydrogen) atoms. The van der Waals surface area contributed by atoms with E-state index in [1.54, 1.807) is 13.0 Å². The average Bonchev–Trinajstić information content (AvgIpc) is 2.77. The molecule has 5 heteroatoms. The van der Waals surface area contributed by atoms with E-state index >= 15 is 0 Å². The first-order valence-corrected chi connectivity index (χ1v) is 7.19. The maximum Gasteiger partial charge on any atom is 0.286 e. The van der Waals surface area contributed by atoms with Crippen LogP contribution in [-0.2, 0) is 0 Å². The number of nitrogens with zero attached hydrogens (tertiary/aromatic N) is 1. The number of aromatic amines is 1. The Hall–Kier alpha value is -2.14. The van der Waals surface area contributed by atoms with Crippen LogP contribution < -0.4 is 5.56 Å². The lowest BCUT2D eigenvalue weighted by Gasteiger charge is -2.06. The van der Waals surface area contributed by atoms with Gasteiger partial charge in [-0.25, -0.2) is 9.07 Å². The lowest BCUT2D eigenvalue weighted by Crippen LogP contribution is -2.15. The molecule has 0 amide bonds. The average molecular weight is 347 g/mol. The quantitative estimate of drug-likeness (QED) is 0.746. The van der Waals surface area contributed by atoms with Crippen LogP contribution in [-0.4, -0.2) is 9.78 Å². The molecule has 1 N–H and O–H groups in total. The number of rotatable bonds is 2. The highest BCUT2D eigenvalue weighted by Crippen LogP contribution is 2.25. The summed E-state index contributed by atoms with van der Waals surface area (Å²) in [4.78, 5) is 12.4. The molecule has 0 spiro atoms. The van der Waals surface area contributed by atoms with Crippen molar-refractivity contribution in [1.29, 1.82) is 0 Å². The fourth-order valence-corrected chi connectivity index (χ4v) is 2.75. The van der Waals surface area contributed by atoms with Gasteiger partial charge in [0.2, 0.25) is 0 Å². The number of hydrogen-bond acceptors (Lipinski definition) is 1. The van der Waals surface area contributed by atoms with Crippen molar-refractivity contribution in [1.82, 2.24) is 9.78 Å². The summed E-state index contributed by atoms with van der Waals surface area (Å²) in [5.41, 5.74) is 2.71. The van der Waals surface area contributed by atoms with Crippen molar-refractivity contribution < 1.29 is 4.39 Å². The smallest absolute Gasteiger partial charge is 0.286 e. The predicted octanol–water partition coefficient (Wildman–Crippen LogP) is 4.04. The number of aromatic nitrogens is 2. The normalized spacial score (nSPS) is 10.8. The Balaban J connectivity index is 2.20. The largest absolute Gasteiger partial charge is 0.289 e. The highest BCUT2D eigenvalue weighted by Gasteiger charge is 2.15. The lowest BCUT2D eigenvalue weighted by atomic mass is 10.2. The van der Waals surface area contributed by atoms with E-state index in [1.807, 2.05) is 30.3 Å². The van der Waals surface area contributed by atoms with Gasteiger partial charge < -0.3 is 0 Å². The van der Waals surface area contributed by atoms with Crippen LogP contribution in [0.1, 0.15) is 5.56 Å². The van der Waals surface area contributed by atoms with Crippen molar-refractivity contribution >= 4 is 15.9 Å². The summed E-state index contributed by atoms with van der Waals surface area (Å²) >= 11 is 3.34. The molecule has 1 heterocycles. The van der Waals surface area contributed by atoms with Crippen molar-refractivity contribution in [2.24, 2.45) is 0 Å².